The van der Waals surface area contributed by atoms with E-state index >= 15 is 0 Å². The summed E-state index contributed by atoms with van der Waals surface area (Å²) in [6, 6.07) is 5.80. The molecule has 0 amide bonds. The van der Waals surface area contributed by atoms with E-state index in [9.17, 15) is 14.3 Å². The largest absolute Gasteiger partial charge is 0.506 e. The van der Waals surface area contributed by atoms with Gasteiger partial charge in [0.1, 0.15) is 22.9 Å². The first-order valence-corrected chi connectivity index (χ1v) is 8.13. The zero-order chi connectivity index (χ0) is 16.6. The molecule has 0 spiro atoms. The van der Waals surface area contributed by atoms with Gasteiger partial charge in [-0.05, 0) is 47.1 Å². The average Bonchev–Trinajstić information content (AvgIpc) is 2.95. The van der Waals surface area contributed by atoms with Crippen LogP contribution in [0.15, 0.2) is 43.3 Å². The van der Waals surface area contributed by atoms with Gasteiger partial charge in [-0.1, -0.05) is 0 Å². The number of halogens is 2. The predicted octanol–water partition coefficient (Wildman–Crippen LogP) is 4.42. The molecule has 2 heterocycles. The fourth-order valence-electron chi connectivity index (χ4n) is 1.94. The second-order valence-electron chi connectivity index (χ2n) is 4.65. The predicted molar refractivity (Wildman–Crippen MR) is 89.9 cm³/mol. The molecule has 0 saturated carbocycles. The lowest BCUT2D eigenvalue weighted by Gasteiger charge is -2.04. The normalized spacial score (nSPS) is 10.7. The van der Waals surface area contributed by atoms with Gasteiger partial charge in [-0.3, -0.25) is 0 Å². The highest BCUT2D eigenvalue weighted by molar-refractivity contribution is 9.10. The number of nitrogens with one attached hydrogen (secondary N) is 1. The van der Waals surface area contributed by atoms with Gasteiger partial charge >= 0.3 is 5.63 Å². The number of nitrogens with zero attached hydrogens (tertiary/aromatic N) is 1. The van der Waals surface area contributed by atoms with Crippen molar-refractivity contribution in [2.24, 2.45) is 0 Å². The van der Waals surface area contributed by atoms with Crippen LogP contribution in [0.1, 0.15) is 5.76 Å². The molecule has 0 fully saturated rings. The monoisotopic (exact) mass is 396 g/mol. The lowest BCUT2D eigenvalue weighted by Crippen LogP contribution is -2.05. The molecule has 0 saturated heterocycles. The minimum absolute atomic E-state index is 0.00844. The number of thiazole rings is 1. The smallest absolute Gasteiger partial charge is 0.349 e. The zero-order valence-electron chi connectivity index (χ0n) is 11.8. The first kappa shape index (κ1) is 15.7. The quantitative estimate of drug-likeness (QED) is 0.684. The molecule has 2 N–H and O–H groups in total. The Bertz CT molecular complexity index is 921. The number of benzene rings is 1. The van der Waals surface area contributed by atoms with Gasteiger partial charge in [-0.15, -0.1) is 11.3 Å². The summed E-state index contributed by atoms with van der Waals surface area (Å²) in [7, 11) is 0. The highest BCUT2D eigenvalue weighted by Crippen LogP contribution is 2.36. The van der Waals surface area contributed by atoms with E-state index in [4.69, 9.17) is 4.42 Å². The maximum absolute atomic E-state index is 12.9. The van der Waals surface area contributed by atoms with Crippen LogP contribution in [0.4, 0.5) is 15.2 Å². The fraction of sp³-hybridized carbons (Fsp3) is 0.0667. The Labute approximate surface area is 142 Å². The van der Waals surface area contributed by atoms with Crippen LogP contribution in [0, 0.1) is 12.7 Å². The van der Waals surface area contributed by atoms with Crippen molar-refractivity contribution >= 4 is 38.1 Å². The van der Waals surface area contributed by atoms with Crippen LogP contribution < -0.4 is 10.9 Å². The van der Waals surface area contributed by atoms with Crippen molar-refractivity contribution in [3.05, 3.63) is 56.1 Å². The average molecular weight is 397 g/mol. The molecule has 8 heteroatoms. The van der Waals surface area contributed by atoms with E-state index < -0.39 is 5.63 Å². The highest BCUT2D eigenvalue weighted by Gasteiger charge is 2.19. The van der Waals surface area contributed by atoms with Crippen molar-refractivity contribution in [2.75, 3.05) is 5.32 Å². The maximum Gasteiger partial charge on any atom is 0.349 e. The maximum atomic E-state index is 12.9. The van der Waals surface area contributed by atoms with Crippen LogP contribution in [0.5, 0.6) is 5.75 Å². The molecule has 23 heavy (non-hydrogen) atoms. The molecular weight excluding hydrogens is 387 g/mol. The molecular formula is C15H10BrFN2O3S. The number of aryl methyl sites for hydroxylation is 1. The van der Waals surface area contributed by atoms with Gasteiger partial charge in [0.05, 0.1) is 10.2 Å². The second kappa shape index (κ2) is 6.13. The molecule has 3 rings (SSSR count). The highest BCUT2D eigenvalue weighted by atomic mass is 79.9. The van der Waals surface area contributed by atoms with Crippen LogP contribution in [0.3, 0.4) is 0 Å². The lowest BCUT2D eigenvalue weighted by molar-refractivity contribution is 0.432. The van der Waals surface area contributed by atoms with Gasteiger partial charge in [0.25, 0.3) is 0 Å². The number of hydrogen-bond donors (Lipinski definition) is 2. The molecule has 0 aliphatic rings. The molecule has 3 aromatic rings. The third kappa shape index (κ3) is 3.13. The molecule has 0 bridgehead atoms. The van der Waals surface area contributed by atoms with Crippen molar-refractivity contribution in [3.8, 4) is 17.0 Å². The Morgan fingerprint density at radius 2 is 2.04 bits per heavy atom. The first-order valence-electron chi connectivity index (χ1n) is 6.46. The summed E-state index contributed by atoms with van der Waals surface area (Å²) in [6.45, 7) is 1.57. The van der Waals surface area contributed by atoms with Gasteiger partial charge in [-0.25, -0.2) is 14.2 Å². The molecule has 5 nitrogen and oxygen atoms in total. The van der Waals surface area contributed by atoms with Crippen LogP contribution >= 0.6 is 27.3 Å². The van der Waals surface area contributed by atoms with Gasteiger partial charge in [-0.2, -0.15) is 0 Å². The van der Waals surface area contributed by atoms with Crippen LogP contribution in [0.25, 0.3) is 11.3 Å². The number of anilines is 2. The Morgan fingerprint density at radius 3 is 2.74 bits per heavy atom. The third-order valence-electron chi connectivity index (χ3n) is 3.06. The van der Waals surface area contributed by atoms with Gasteiger partial charge in [0.15, 0.2) is 5.13 Å². The summed E-state index contributed by atoms with van der Waals surface area (Å²) in [5.74, 6) is -0.254. The SMILES string of the molecule is Cc1oc(=O)c(-c2csc(Nc3ccc(F)cc3)n2)c(O)c1Br. The van der Waals surface area contributed by atoms with Gasteiger partial charge in [0, 0.05) is 11.1 Å². The van der Waals surface area contributed by atoms with E-state index in [1.165, 1.54) is 23.5 Å². The Hall–Kier alpha value is -2.19. The Kier molecular flexibility index (Phi) is 4.18. The number of rotatable bonds is 3. The van der Waals surface area contributed by atoms with Crippen molar-refractivity contribution < 1.29 is 13.9 Å². The summed E-state index contributed by atoms with van der Waals surface area (Å²) in [4.78, 5) is 16.2. The first-order chi connectivity index (χ1) is 11.0. The Balaban J connectivity index is 1.95. The minimum atomic E-state index is -0.665. The molecule has 2 aromatic heterocycles. The second-order valence-corrected chi connectivity index (χ2v) is 6.30. The molecule has 0 aliphatic heterocycles. The molecule has 0 unspecified atom stereocenters. The summed E-state index contributed by atoms with van der Waals surface area (Å²) in [5, 5.41) is 15.3. The van der Waals surface area contributed by atoms with Crippen LogP contribution in [0.2, 0.25) is 0 Å². The third-order valence-corrected chi connectivity index (χ3v) is 4.75. The van der Waals surface area contributed by atoms with Gasteiger partial charge in [0.2, 0.25) is 0 Å². The van der Waals surface area contributed by atoms with E-state index in [0.717, 1.165) is 0 Å². The van der Waals surface area contributed by atoms with E-state index in [1.54, 1.807) is 24.4 Å². The van der Waals surface area contributed by atoms with Crippen molar-refractivity contribution in [1.29, 1.82) is 0 Å². The van der Waals surface area contributed by atoms with Crippen LogP contribution in [-0.4, -0.2) is 10.1 Å². The van der Waals surface area contributed by atoms with E-state index in [2.05, 4.69) is 26.2 Å². The molecule has 118 valence electrons. The summed E-state index contributed by atoms with van der Waals surface area (Å²) >= 11 is 4.42. The van der Waals surface area contributed by atoms with Crippen LogP contribution in [-0.2, 0) is 0 Å². The topological polar surface area (TPSA) is 75.4 Å². The van der Waals surface area contributed by atoms with E-state index in [1.807, 2.05) is 0 Å². The standard InChI is InChI=1S/C15H10BrFN2O3S/c1-7-12(16)13(20)11(14(21)22-7)10-6-23-15(19-10)18-9-4-2-8(17)3-5-9/h2-6,20H,1H3,(H,18,19). The minimum Gasteiger partial charge on any atom is -0.506 e. The van der Waals surface area contributed by atoms with Crippen molar-refractivity contribution in [1.82, 2.24) is 4.98 Å². The molecule has 1 aromatic carbocycles. The number of aromatic nitrogens is 1. The lowest BCUT2D eigenvalue weighted by atomic mass is 10.2. The molecule has 0 aliphatic carbocycles. The Morgan fingerprint density at radius 1 is 1.35 bits per heavy atom. The zero-order valence-corrected chi connectivity index (χ0v) is 14.2. The van der Waals surface area contributed by atoms with Gasteiger partial charge < -0.3 is 14.8 Å². The number of aromatic hydroxyl groups is 1. The summed E-state index contributed by atoms with van der Waals surface area (Å²) in [5.41, 5.74) is 0.285. The molecule has 0 radical (unpaired) electrons. The summed E-state index contributed by atoms with van der Waals surface area (Å²) < 4.78 is 18.3. The van der Waals surface area contributed by atoms with E-state index in [-0.39, 0.29) is 22.9 Å². The molecule has 0 atom stereocenters. The number of hydrogen-bond acceptors (Lipinski definition) is 6. The van der Waals surface area contributed by atoms with Crippen molar-refractivity contribution in [2.45, 2.75) is 6.92 Å². The fourth-order valence-corrected chi connectivity index (χ4v) is 2.94. The van der Waals surface area contributed by atoms with E-state index in [0.29, 0.717) is 21.0 Å². The summed E-state index contributed by atoms with van der Waals surface area (Å²) in [6.07, 6.45) is 0. The van der Waals surface area contributed by atoms with Crippen molar-refractivity contribution in [3.63, 3.8) is 0 Å².